The summed E-state index contributed by atoms with van der Waals surface area (Å²) in [5.74, 6) is 1.39. The molecule has 0 amide bonds. The molecule has 1 aromatic rings. The van der Waals surface area contributed by atoms with Crippen LogP contribution in [0.3, 0.4) is 0 Å². The third-order valence-corrected chi connectivity index (χ3v) is 5.38. The molecule has 0 radical (unpaired) electrons. The molecule has 0 spiro atoms. The molecule has 2 rings (SSSR count). The lowest BCUT2D eigenvalue weighted by Crippen LogP contribution is -2.28. The zero-order valence-corrected chi connectivity index (χ0v) is 12.7. The standard InChI is InChI=1S/C14H23N3O2S/c1-11-4-2-5-12(10-11)7-9-17-20(18,19)14-13(15)6-3-8-16-14/h3,6,8,11-12,17H,2,4-5,7,9-10,15H2,1H3. The molecule has 3 N–H and O–H groups in total. The SMILES string of the molecule is CC1CCCC(CCNS(=O)(=O)c2ncccc2N)C1. The van der Waals surface area contributed by atoms with Gasteiger partial charge >= 0.3 is 0 Å². The number of aromatic nitrogens is 1. The van der Waals surface area contributed by atoms with E-state index in [9.17, 15) is 8.42 Å². The molecule has 1 fully saturated rings. The van der Waals surface area contributed by atoms with Crippen LogP contribution in [-0.4, -0.2) is 19.9 Å². The summed E-state index contributed by atoms with van der Waals surface area (Å²) in [6.07, 6.45) is 7.29. The second kappa shape index (κ2) is 6.54. The summed E-state index contributed by atoms with van der Waals surface area (Å²) in [6, 6.07) is 3.17. The molecule has 0 aromatic carbocycles. The first-order chi connectivity index (χ1) is 9.49. The maximum absolute atomic E-state index is 12.1. The van der Waals surface area contributed by atoms with E-state index >= 15 is 0 Å². The van der Waals surface area contributed by atoms with Crippen LogP contribution in [0, 0.1) is 11.8 Å². The van der Waals surface area contributed by atoms with Crippen LogP contribution in [0.25, 0.3) is 0 Å². The number of hydrogen-bond donors (Lipinski definition) is 2. The first-order valence-electron chi connectivity index (χ1n) is 7.19. The van der Waals surface area contributed by atoms with E-state index < -0.39 is 10.0 Å². The van der Waals surface area contributed by atoms with Crippen LogP contribution >= 0.6 is 0 Å². The zero-order chi connectivity index (χ0) is 14.6. The van der Waals surface area contributed by atoms with E-state index in [1.807, 2.05) is 0 Å². The predicted molar refractivity (Wildman–Crippen MR) is 79.6 cm³/mol. The molecular formula is C14H23N3O2S. The molecule has 0 saturated heterocycles. The molecule has 0 aliphatic heterocycles. The summed E-state index contributed by atoms with van der Waals surface area (Å²) in [5, 5.41) is -0.0722. The largest absolute Gasteiger partial charge is 0.396 e. The summed E-state index contributed by atoms with van der Waals surface area (Å²) < 4.78 is 26.8. The highest BCUT2D eigenvalue weighted by atomic mass is 32.2. The van der Waals surface area contributed by atoms with Crippen LogP contribution in [0.4, 0.5) is 5.69 Å². The Morgan fingerprint density at radius 2 is 2.25 bits per heavy atom. The minimum Gasteiger partial charge on any atom is -0.396 e. The molecule has 2 unspecified atom stereocenters. The van der Waals surface area contributed by atoms with Crippen LogP contribution in [0.1, 0.15) is 39.0 Å². The molecule has 20 heavy (non-hydrogen) atoms. The lowest BCUT2D eigenvalue weighted by molar-refractivity contribution is 0.271. The van der Waals surface area contributed by atoms with Crippen molar-refractivity contribution < 1.29 is 8.42 Å². The third-order valence-electron chi connectivity index (χ3n) is 3.94. The van der Waals surface area contributed by atoms with Gasteiger partial charge in [0.05, 0.1) is 5.69 Å². The van der Waals surface area contributed by atoms with Gasteiger partial charge in [-0.25, -0.2) is 18.1 Å². The second-order valence-electron chi connectivity index (χ2n) is 5.72. The average Bonchev–Trinajstić information content (AvgIpc) is 2.39. The summed E-state index contributed by atoms with van der Waals surface area (Å²) >= 11 is 0. The van der Waals surface area contributed by atoms with Crippen molar-refractivity contribution >= 4 is 15.7 Å². The number of pyridine rings is 1. The van der Waals surface area contributed by atoms with Gasteiger partial charge in [-0.05, 0) is 36.8 Å². The maximum Gasteiger partial charge on any atom is 0.260 e. The van der Waals surface area contributed by atoms with Gasteiger partial charge in [0.1, 0.15) is 0 Å². The van der Waals surface area contributed by atoms with E-state index in [0.717, 1.165) is 12.3 Å². The zero-order valence-electron chi connectivity index (χ0n) is 11.9. The van der Waals surface area contributed by atoms with Gasteiger partial charge < -0.3 is 5.73 Å². The van der Waals surface area contributed by atoms with E-state index in [1.165, 1.54) is 31.9 Å². The fourth-order valence-corrected chi connectivity index (χ4v) is 4.02. The Hall–Kier alpha value is -1.14. The number of rotatable bonds is 5. The number of nitrogen functional groups attached to an aromatic ring is 1. The molecule has 2 atom stereocenters. The molecule has 1 aliphatic rings. The molecule has 1 aromatic heterocycles. The van der Waals surface area contributed by atoms with Gasteiger partial charge in [-0.1, -0.05) is 26.2 Å². The quantitative estimate of drug-likeness (QED) is 0.872. The summed E-state index contributed by atoms with van der Waals surface area (Å²) in [5.41, 5.74) is 5.84. The number of anilines is 1. The smallest absolute Gasteiger partial charge is 0.260 e. The van der Waals surface area contributed by atoms with Gasteiger partial charge in [-0.2, -0.15) is 0 Å². The van der Waals surface area contributed by atoms with Crippen molar-refractivity contribution in [3.8, 4) is 0 Å². The number of nitrogens with two attached hydrogens (primary N) is 1. The fourth-order valence-electron chi connectivity index (χ4n) is 2.92. The minimum absolute atomic E-state index is 0.0722. The highest BCUT2D eigenvalue weighted by molar-refractivity contribution is 7.89. The van der Waals surface area contributed by atoms with Crippen molar-refractivity contribution in [3.63, 3.8) is 0 Å². The molecule has 1 saturated carbocycles. The topological polar surface area (TPSA) is 85.1 Å². The Morgan fingerprint density at radius 3 is 2.95 bits per heavy atom. The molecular weight excluding hydrogens is 274 g/mol. The van der Waals surface area contributed by atoms with Crippen LogP contribution in [0.15, 0.2) is 23.4 Å². The van der Waals surface area contributed by atoms with Crippen molar-refractivity contribution in [3.05, 3.63) is 18.3 Å². The Bertz CT molecular complexity index is 545. The highest BCUT2D eigenvalue weighted by Crippen LogP contribution is 2.30. The van der Waals surface area contributed by atoms with Crippen LogP contribution < -0.4 is 10.5 Å². The van der Waals surface area contributed by atoms with E-state index in [-0.39, 0.29) is 10.7 Å². The van der Waals surface area contributed by atoms with E-state index in [0.29, 0.717) is 12.5 Å². The minimum atomic E-state index is -3.59. The van der Waals surface area contributed by atoms with Crippen molar-refractivity contribution in [2.24, 2.45) is 11.8 Å². The van der Waals surface area contributed by atoms with Crippen LogP contribution in [0.5, 0.6) is 0 Å². The number of nitrogens with zero attached hydrogens (tertiary/aromatic N) is 1. The summed E-state index contributed by atoms with van der Waals surface area (Å²) in [4.78, 5) is 3.85. The normalized spacial score (nSPS) is 23.6. The first-order valence-corrected chi connectivity index (χ1v) is 8.67. The molecule has 112 valence electrons. The number of sulfonamides is 1. The van der Waals surface area contributed by atoms with Crippen molar-refractivity contribution in [1.82, 2.24) is 9.71 Å². The third kappa shape index (κ3) is 3.93. The van der Waals surface area contributed by atoms with Crippen LogP contribution in [0.2, 0.25) is 0 Å². The first kappa shape index (κ1) is 15.3. The Balaban J connectivity index is 1.88. The van der Waals surface area contributed by atoms with Gasteiger partial charge in [-0.15, -0.1) is 0 Å². The van der Waals surface area contributed by atoms with E-state index in [1.54, 1.807) is 12.1 Å². The van der Waals surface area contributed by atoms with Crippen molar-refractivity contribution in [1.29, 1.82) is 0 Å². The Kier molecular flexibility index (Phi) is 4.99. The second-order valence-corrected chi connectivity index (χ2v) is 7.40. The molecule has 5 nitrogen and oxygen atoms in total. The number of hydrogen-bond acceptors (Lipinski definition) is 4. The summed E-state index contributed by atoms with van der Waals surface area (Å²) in [6.45, 7) is 2.72. The van der Waals surface area contributed by atoms with Gasteiger partial charge in [0.15, 0.2) is 5.03 Å². The Morgan fingerprint density at radius 1 is 1.45 bits per heavy atom. The average molecular weight is 297 g/mol. The molecule has 1 aliphatic carbocycles. The van der Waals surface area contributed by atoms with Crippen LogP contribution in [-0.2, 0) is 10.0 Å². The van der Waals surface area contributed by atoms with Crippen molar-refractivity contribution in [2.75, 3.05) is 12.3 Å². The lowest BCUT2D eigenvalue weighted by Gasteiger charge is -2.26. The van der Waals surface area contributed by atoms with Gasteiger partial charge in [-0.3, -0.25) is 0 Å². The lowest BCUT2D eigenvalue weighted by atomic mass is 9.81. The van der Waals surface area contributed by atoms with Gasteiger partial charge in [0, 0.05) is 12.7 Å². The monoisotopic (exact) mass is 297 g/mol. The predicted octanol–water partition coefficient (Wildman–Crippen LogP) is 2.16. The molecule has 0 bridgehead atoms. The highest BCUT2D eigenvalue weighted by Gasteiger charge is 2.21. The van der Waals surface area contributed by atoms with E-state index in [4.69, 9.17) is 5.73 Å². The fraction of sp³-hybridized carbons (Fsp3) is 0.643. The molecule has 1 heterocycles. The molecule has 6 heteroatoms. The summed E-state index contributed by atoms with van der Waals surface area (Å²) in [7, 11) is -3.59. The number of nitrogens with one attached hydrogen (secondary N) is 1. The maximum atomic E-state index is 12.1. The van der Waals surface area contributed by atoms with Crippen molar-refractivity contribution in [2.45, 2.75) is 44.1 Å². The van der Waals surface area contributed by atoms with E-state index in [2.05, 4.69) is 16.6 Å². The van der Waals surface area contributed by atoms with Gasteiger partial charge in [0.2, 0.25) is 0 Å². The Labute approximate surface area is 121 Å². The van der Waals surface area contributed by atoms with Gasteiger partial charge in [0.25, 0.3) is 10.0 Å².